The summed E-state index contributed by atoms with van der Waals surface area (Å²) in [5, 5.41) is 30.0. The SMILES string of the molecule is CCCCC[C@H](O)C(Br)=C[C@@H]1[C@H]2c3cccc(CCC(=O)O)c3O[C@H]2C[C@H]1O. The predicted octanol–water partition coefficient (Wildman–Crippen LogP) is 4.15. The molecule has 0 saturated heterocycles. The molecular formula is C22H29BrO5. The van der Waals surface area contributed by atoms with Crippen LogP contribution in [0.2, 0.25) is 0 Å². The number of carbonyl (C=O) groups is 1. The summed E-state index contributed by atoms with van der Waals surface area (Å²) >= 11 is 3.52. The fraction of sp³-hybridized carbons (Fsp3) is 0.591. The van der Waals surface area contributed by atoms with Crippen molar-refractivity contribution in [3.63, 3.8) is 0 Å². The van der Waals surface area contributed by atoms with E-state index in [1.54, 1.807) is 0 Å². The lowest BCUT2D eigenvalue weighted by molar-refractivity contribution is -0.136. The van der Waals surface area contributed by atoms with E-state index in [1.807, 2.05) is 24.3 Å². The van der Waals surface area contributed by atoms with Crippen LogP contribution in [0.4, 0.5) is 0 Å². The van der Waals surface area contributed by atoms with E-state index in [0.29, 0.717) is 19.3 Å². The van der Waals surface area contributed by atoms with Crippen LogP contribution < -0.4 is 4.74 Å². The second-order valence-corrected chi connectivity index (χ2v) is 8.77. The van der Waals surface area contributed by atoms with Gasteiger partial charge in [-0.15, -0.1) is 0 Å². The minimum absolute atomic E-state index is 0.0187. The highest BCUT2D eigenvalue weighted by atomic mass is 79.9. The van der Waals surface area contributed by atoms with Crippen LogP contribution in [0.1, 0.15) is 62.5 Å². The van der Waals surface area contributed by atoms with E-state index in [1.165, 1.54) is 0 Å². The number of hydrogen-bond donors (Lipinski definition) is 3. The van der Waals surface area contributed by atoms with Gasteiger partial charge in [0.15, 0.2) is 0 Å². The average molecular weight is 453 g/mol. The monoisotopic (exact) mass is 452 g/mol. The summed E-state index contributed by atoms with van der Waals surface area (Å²) in [5.74, 6) is -0.168. The van der Waals surface area contributed by atoms with Gasteiger partial charge < -0.3 is 20.1 Å². The summed E-state index contributed by atoms with van der Waals surface area (Å²) in [6.07, 6.45) is 5.66. The Kier molecular flexibility index (Phi) is 7.18. The lowest BCUT2D eigenvalue weighted by Gasteiger charge is -2.19. The zero-order chi connectivity index (χ0) is 20.3. The molecule has 0 unspecified atom stereocenters. The Bertz CT molecular complexity index is 732. The third-order valence-corrected chi connectivity index (χ3v) is 6.64. The number of para-hydroxylation sites is 1. The lowest BCUT2D eigenvalue weighted by atomic mass is 9.86. The highest BCUT2D eigenvalue weighted by Crippen LogP contribution is 2.52. The summed E-state index contributed by atoms with van der Waals surface area (Å²) in [4.78, 5) is 10.9. The van der Waals surface area contributed by atoms with Gasteiger partial charge >= 0.3 is 5.97 Å². The van der Waals surface area contributed by atoms with Crippen molar-refractivity contribution >= 4 is 21.9 Å². The van der Waals surface area contributed by atoms with E-state index in [9.17, 15) is 15.0 Å². The zero-order valence-electron chi connectivity index (χ0n) is 16.2. The number of carboxylic acid groups (broad SMARTS) is 1. The molecule has 5 nitrogen and oxygen atoms in total. The van der Waals surface area contributed by atoms with Gasteiger partial charge in [0.25, 0.3) is 0 Å². The van der Waals surface area contributed by atoms with Crippen LogP contribution in [-0.4, -0.2) is 39.6 Å². The molecule has 3 rings (SSSR count). The fourth-order valence-corrected chi connectivity index (χ4v) is 4.93. The highest BCUT2D eigenvalue weighted by molar-refractivity contribution is 9.11. The average Bonchev–Trinajstić information content (AvgIpc) is 3.16. The van der Waals surface area contributed by atoms with E-state index < -0.39 is 18.2 Å². The summed E-state index contributed by atoms with van der Waals surface area (Å²) < 4.78 is 6.88. The first-order valence-electron chi connectivity index (χ1n) is 10.2. The van der Waals surface area contributed by atoms with Crippen LogP contribution in [0.25, 0.3) is 0 Å². The molecular weight excluding hydrogens is 424 g/mol. The molecule has 1 aliphatic heterocycles. The number of aliphatic carboxylic acids is 1. The van der Waals surface area contributed by atoms with Gasteiger partial charge in [-0.05, 0) is 18.4 Å². The molecule has 28 heavy (non-hydrogen) atoms. The second-order valence-electron chi connectivity index (χ2n) is 7.85. The van der Waals surface area contributed by atoms with Gasteiger partial charge in [0.05, 0.1) is 12.2 Å². The topological polar surface area (TPSA) is 87.0 Å². The highest BCUT2D eigenvalue weighted by Gasteiger charge is 2.49. The van der Waals surface area contributed by atoms with Gasteiger partial charge in [-0.2, -0.15) is 0 Å². The van der Waals surface area contributed by atoms with Gasteiger partial charge in [0.1, 0.15) is 11.9 Å². The van der Waals surface area contributed by atoms with Crippen molar-refractivity contribution in [2.45, 2.75) is 76.1 Å². The molecule has 1 fully saturated rings. The number of carboxylic acids is 1. The summed E-state index contributed by atoms with van der Waals surface area (Å²) in [5.41, 5.74) is 1.94. The minimum atomic E-state index is -0.826. The molecule has 154 valence electrons. The van der Waals surface area contributed by atoms with Crippen LogP contribution in [0.15, 0.2) is 28.8 Å². The number of benzene rings is 1. The number of aliphatic hydroxyl groups excluding tert-OH is 2. The Labute approximate surface area is 174 Å². The lowest BCUT2D eigenvalue weighted by Crippen LogP contribution is -2.18. The molecule has 0 radical (unpaired) electrons. The zero-order valence-corrected chi connectivity index (χ0v) is 17.8. The van der Waals surface area contributed by atoms with E-state index in [2.05, 4.69) is 22.9 Å². The second kappa shape index (κ2) is 9.42. The normalized spacial score (nSPS) is 27.2. The fourth-order valence-electron chi connectivity index (χ4n) is 4.39. The van der Waals surface area contributed by atoms with Crippen molar-refractivity contribution in [1.82, 2.24) is 0 Å². The molecule has 2 aliphatic rings. The maximum atomic E-state index is 10.9. The molecule has 1 saturated carbocycles. The number of fused-ring (bicyclic) bond motifs is 3. The van der Waals surface area contributed by atoms with Crippen molar-refractivity contribution in [3.05, 3.63) is 39.9 Å². The third kappa shape index (κ3) is 4.61. The van der Waals surface area contributed by atoms with Crippen LogP contribution in [0.5, 0.6) is 5.75 Å². The predicted molar refractivity (Wildman–Crippen MR) is 111 cm³/mol. The molecule has 0 bridgehead atoms. The minimum Gasteiger partial charge on any atom is -0.489 e. The van der Waals surface area contributed by atoms with Crippen molar-refractivity contribution in [3.8, 4) is 5.75 Å². The Hall–Kier alpha value is -1.37. The number of aryl methyl sites for hydroxylation is 1. The summed E-state index contributed by atoms with van der Waals surface area (Å²) in [6.45, 7) is 2.13. The Morgan fingerprint density at radius 3 is 2.89 bits per heavy atom. The third-order valence-electron chi connectivity index (χ3n) is 5.85. The van der Waals surface area contributed by atoms with Crippen LogP contribution in [-0.2, 0) is 11.2 Å². The maximum absolute atomic E-state index is 10.9. The maximum Gasteiger partial charge on any atom is 0.303 e. The van der Waals surface area contributed by atoms with Crippen molar-refractivity contribution in [1.29, 1.82) is 0 Å². The largest absolute Gasteiger partial charge is 0.489 e. The molecule has 1 aliphatic carbocycles. The standard InChI is InChI=1S/C22H29BrO5/c1-2-3-4-8-17(24)16(23)11-15-18(25)12-19-21(15)14-7-5-6-13(22(14)28-19)9-10-20(26)27/h5-7,11,15,17-19,21,24-25H,2-4,8-10,12H2,1H3,(H,26,27)/t15-,17-,18+,19-,21+/m0/s1. The molecule has 0 aromatic heterocycles. The molecule has 0 amide bonds. The molecule has 5 atom stereocenters. The van der Waals surface area contributed by atoms with E-state index >= 15 is 0 Å². The first kappa shape index (κ1) is 21.3. The Morgan fingerprint density at radius 2 is 2.18 bits per heavy atom. The number of rotatable bonds is 9. The van der Waals surface area contributed by atoms with Gasteiger partial charge in [-0.1, -0.05) is 66.4 Å². The molecule has 0 spiro atoms. The molecule has 1 aromatic carbocycles. The number of aliphatic hydroxyl groups is 2. The van der Waals surface area contributed by atoms with Crippen molar-refractivity contribution in [2.24, 2.45) is 5.92 Å². The molecule has 1 aromatic rings. The first-order valence-corrected chi connectivity index (χ1v) is 10.9. The molecule has 6 heteroatoms. The van der Waals surface area contributed by atoms with Gasteiger partial charge in [-0.3, -0.25) is 4.79 Å². The van der Waals surface area contributed by atoms with Crippen LogP contribution in [0.3, 0.4) is 0 Å². The smallest absolute Gasteiger partial charge is 0.303 e. The quantitative estimate of drug-likeness (QED) is 0.489. The van der Waals surface area contributed by atoms with E-state index in [0.717, 1.165) is 40.6 Å². The van der Waals surface area contributed by atoms with E-state index in [-0.39, 0.29) is 24.4 Å². The Balaban J connectivity index is 1.79. The van der Waals surface area contributed by atoms with Crippen molar-refractivity contribution < 1.29 is 24.9 Å². The number of halogens is 1. The van der Waals surface area contributed by atoms with E-state index in [4.69, 9.17) is 9.84 Å². The van der Waals surface area contributed by atoms with Crippen molar-refractivity contribution in [2.75, 3.05) is 0 Å². The van der Waals surface area contributed by atoms with Crippen LogP contribution >= 0.6 is 15.9 Å². The van der Waals surface area contributed by atoms with Crippen LogP contribution in [0, 0.1) is 5.92 Å². The molecule has 1 heterocycles. The number of hydrogen-bond acceptors (Lipinski definition) is 4. The van der Waals surface area contributed by atoms with Gasteiger partial charge in [-0.25, -0.2) is 0 Å². The first-order chi connectivity index (χ1) is 13.4. The molecule has 3 N–H and O–H groups in total. The summed E-state index contributed by atoms with van der Waals surface area (Å²) in [7, 11) is 0. The number of unbranched alkanes of at least 4 members (excludes halogenated alkanes) is 2. The Morgan fingerprint density at radius 1 is 1.39 bits per heavy atom. The summed E-state index contributed by atoms with van der Waals surface area (Å²) in [6, 6.07) is 5.86. The van der Waals surface area contributed by atoms with Gasteiger partial charge in [0.2, 0.25) is 0 Å². The number of ether oxygens (including phenoxy) is 1. The van der Waals surface area contributed by atoms with Gasteiger partial charge in [0, 0.05) is 34.7 Å².